The summed E-state index contributed by atoms with van der Waals surface area (Å²) in [6.07, 6.45) is 2.62. The zero-order chi connectivity index (χ0) is 24.9. The molecule has 2 amide bonds. The molecule has 1 heterocycles. The topological polar surface area (TPSA) is 96.0 Å². The van der Waals surface area contributed by atoms with Crippen LogP contribution in [0.1, 0.15) is 5.56 Å². The van der Waals surface area contributed by atoms with Crippen LogP contribution >= 0.6 is 0 Å². The molecule has 2 aromatic carbocycles. The Bertz CT molecular complexity index is 1200. The Morgan fingerprint density at radius 2 is 1.71 bits per heavy atom. The van der Waals surface area contributed by atoms with E-state index in [2.05, 4.69) is 5.32 Å². The number of likely N-dealkylation sites (N-methyl/N-ethyl adjacent to an activating group) is 1. The van der Waals surface area contributed by atoms with Crippen LogP contribution in [0.5, 0.6) is 0 Å². The van der Waals surface area contributed by atoms with Gasteiger partial charge in [-0.1, -0.05) is 12.1 Å². The van der Waals surface area contributed by atoms with Crippen LogP contribution < -0.4 is 5.32 Å². The minimum Gasteiger partial charge on any atom is -0.379 e. The molecule has 0 saturated carbocycles. The summed E-state index contributed by atoms with van der Waals surface area (Å²) < 4.78 is 71.7. The maximum atomic E-state index is 13.7. The number of ether oxygens (including phenoxy) is 1. The van der Waals surface area contributed by atoms with Crippen LogP contribution in [-0.4, -0.2) is 69.3 Å². The molecular weight excluding hydrogens is 475 g/mol. The van der Waals surface area contributed by atoms with E-state index in [1.165, 1.54) is 47.8 Å². The average Bonchev–Trinajstić information content (AvgIpc) is 2.83. The van der Waals surface area contributed by atoms with Gasteiger partial charge in [0.15, 0.2) is 17.5 Å². The zero-order valence-electron chi connectivity index (χ0n) is 18.1. The van der Waals surface area contributed by atoms with E-state index in [-0.39, 0.29) is 18.0 Å². The fourth-order valence-electron chi connectivity index (χ4n) is 3.09. The first-order valence-electron chi connectivity index (χ1n) is 10.1. The smallest absolute Gasteiger partial charge is 0.246 e. The largest absolute Gasteiger partial charge is 0.379 e. The third kappa shape index (κ3) is 6.01. The van der Waals surface area contributed by atoms with Crippen LogP contribution in [0.25, 0.3) is 6.08 Å². The first-order chi connectivity index (χ1) is 16.1. The van der Waals surface area contributed by atoms with Crippen LogP contribution in [0.3, 0.4) is 0 Å². The summed E-state index contributed by atoms with van der Waals surface area (Å²) in [7, 11) is -2.31. The highest BCUT2D eigenvalue weighted by molar-refractivity contribution is 7.89. The number of nitrogens with one attached hydrogen (secondary N) is 1. The zero-order valence-corrected chi connectivity index (χ0v) is 18.9. The monoisotopic (exact) mass is 497 g/mol. The second-order valence-electron chi connectivity index (χ2n) is 7.38. The molecule has 1 fully saturated rings. The van der Waals surface area contributed by atoms with Crippen molar-refractivity contribution in [3.63, 3.8) is 0 Å². The SMILES string of the molecule is CN(CC(=O)Nc1ccc(F)c(F)c1F)C(=O)C=Cc1ccc(S(=O)(=O)N2CCOCC2)cc1. The fraction of sp³-hybridized carbons (Fsp3) is 0.273. The molecule has 0 aliphatic carbocycles. The first-order valence-corrected chi connectivity index (χ1v) is 11.6. The Morgan fingerprint density at radius 3 is 2.35 bits per heavy atom. The standard InChI is InChI=1S/C22H22F3N3O5S/c1-27(14-19(29)26-18-8-7-17(23)21(24)22(18)25)20(30)9-4-15-2-5-16(6-3-15)34(31,32)28-10-12-33-13-11-28/h2-9H,10-14H2,1H3,(H,26,29). The summed E-state index contributed by atoms with van der Waals surface area (Å²) in [5.74, 6) is -6.02. The number of amides is 2. The van der Waals surface area contributed by atoms with E-state index in [0.29, 0.717) is 24.8 Å². The Balaban J connectivity index is 1.57. The van der Waals surface area contributed by atoms with Gasteiger partial charge in [-0.3, -0.25) is 9.59 Å². The maximum Gasteiger partial charge on any atom is 0.246 e. The predicted octanol–water partition coefficient (Wildman–Crippen LogP) is 2.24. The molecule has 34 heavy (non-hydrogen) atoms. The molecule has 1 aliphatic rings. The van der Waals surface area contributed by atoms with Gasteiger partial charge in [0.25, 0.3) is 0 Å². The summed E-state index contributed by atoms with van der Waals surface area (Å²) in [6, 6.07) is 7.48. The molecule has 2 aromatic rings. The van der Waals surface area contributed by atoms with E-state index in [1.54, 1.807) is 0 Å². The Hall–Kier alpha value is -3.22. The van der Waals surface area contributed by atoms with Gasteiger partial charge in [0.1, 0.15) is 0 Å². The van der Waals surface area contributed by atoms with E-state index < -0.39 is 51.5 Å². The van der Waals surface area contributed by atoms with E-state index >= 15 is 0 Å². The van der Waals surface area contributed by atoms with Crippen molar-refractivity contribution in [2.24, 2.45) is 0 Å². The summed E-state index contributed by atoms with van der Waals surface area (Å²) in [5, 5.41) is 2.08. The van der Waals surface area contributed by atoms with Crippen molar-refractivity contribution < 1.29 is 35.9 Å². The number of benzene rings is 2. The molecule has 0 radical (unpaired) electrons. The van der Waals surface area contributed by atoms with Gasteiger partial charge >= 0.3 is 0 Å². The number of halogens is 3. The van der Waals surface area contributed by atoms with Crippen molar-refractivity contribution in [3.8, 4) is 0 Å². The second-order valence-corrected chi connectivity index (χ2v) is 9.32. The van der Waals surface area contributed by atoms with Crippen molar-refractivity contribution in [2.75, 3.05) is 45.2 Å². The highest BCUT2D eigenvalue weighted by Gasteiger charge is 2.26. The Labute approximate surface area is 194 Å². The Morgan fingerprint density at radius 1 is 1.06 bits per heavy atom. The molecule has 0 spiro atoms. The molecule has 0 bridgehead atoms. The van der Waals surface area contributed by atoms with Gasteiger partial charge < -0.3 is 15.0 Å². The molecule has 12 heteroatoms. The maximum absolute atomic E-state index is 13.7. The molecule has 1 saturated heterocycles. The molecular formula is C22H22F3N3O5S. The van der Waals surface area contributed by atoms with Crippen molar-refractivity contribution >= 4 is 33.6 Å². The third-order valence-electron chi connectivity index (χ3n) is 4.97. The average molecular weight is 497 g/mol. The second kappa shape index (κ2) is 10.8. The number of sulfonamides is 1. The molecule has 1 N–H and O–H groups in total. The normalized spacial score (nSPS) is 14.8. The van der Waals surface area contributed by atoms with Crippen LogP contribution in [0.15, 0.2) is 47.4 Å². The van der Waals surface area contributed by atoms with Gasteiger partial charge in [0.2, 0.25) is 21.8 Å². The van der Waals surface area contributed by atoms with Gasteiger partial charge in [0.05, 0.1) is 30.3 Å². The minimum atomic E-state index is -3.63. The summed E-state index contributed by atoms with van der Waals surface area (Å²) >= 11 is 0. The third-order valence-corrected chi connectivity index (χ3v) is 6.89. The lowest BCUT2D eigenvalue weighted by atomic mass is 10.2. The predicted molar refractivity (Wildman–Crippen MR) is 118 cm³/mol. The molecule has 1 aliphatic heterocycles. The van der Waals surface area contributed by atoms with Gasteiger partial charge in [-0.05, 0) is 35.9 Å². The molecule has 0 atom stereocenters. The van der Waals surface area contributed by atoms with Gasteiger partial charge in [0, 0.05) is 26.2 Å². The van der Waals surface area contributed by atoms with Crippen LogP contribution in [-0.2, 0) is 24.3 Å². The summed E-state index contributed by atoms with van der Waals surface area (Å²) in [4.78, 5) is 25.4. The molecule has 3 rings (SSSR count). The van der Waals surface area contributed by atoms with E-state index in [4.69, 9.17) is 4.74 Å². The van der Waals surface area contributed by atoms with E-state index in [0.717, 1.165) is 11.0 Å². The number of hydrogen-bond acceptors (Lipinski definition) is 5. The van der Waals surface area contributed by atoms with Crippen LogP contribution in [0.4, 0.5) is 18.9 Å². The number of rotatable bonds is 7. The number of hydrogen-bond donors (Lipinski definition) is 1. The van der Waals surface area contributed by atoms with Crippen LogP contribution in [0.2, 0.25) is 0 Å². The van der Waals surface area contributed by atoms with Gasteiger partial charge in [-0.15, -0.1) is 0 Å². The lowest BCUT2D eigenvalue weighted by molar-refractivity contribution is -0.129. The number of nitrogens with zero attached hydrogens (tertiary/aromatic N) is 2. The van der Waals surface area contributed by atoms with Crippen LogP contribution in [0, 0.1) is 17.5 Å². The van der Waals surface area contributed by atoms with Crippen molar-refractivity contribution in [1.82, 2.24) is 9.21 Å². The highest BCUT2D eigenvalue weighted by atomic mass is 32.2. The number of morpholine rings is 1. The lowest BCUT2D eigenvalue weighted by Gasteiger charge is -2.26. The molecule has 0 aromatic heterocycles. The minimum absolute atomic E-state index is 0.121. The Kier molecular flexibility index (Phi) is 8.07. The van der Waals surface area contributed by atoms with E-state index in [1.807, 2.05) is 0 Å². The van der Waals surface area contributed by atoms with Gasteiger partial charge in [-0.25, -0.2) is 21.6 Å². The van der Waals surface area contributed by atoms with Crippen molar-refractivity contribution in [1.29, 1.82) is 0 Å². The van der Waals surface area contributed by atoms with Crippen molar-refractivity contribution in [2.45, 2.75) is 4.90 Å². The number of carbonyl (C=O) groups is 2. The first kappa shape index (κ1) is 25.4. The molecule has 182 valence electrons. The fourth-order valence-corrected chi connectivity index (χ4v) is 4.50. The highest BCUT2D eigenvalue weighted by Crippen LogP contribution is 2.20. The van der Waals surface area contributed by atoms with Crippen molar-refractivity contribution in [3.05, 3.63) is 65.5 Å². The molecule has 8 nitrogen and oxygen atoms in total. The number of anilines is 1. The van der Waals surface area contributed by atoms with Gasteiger partial charge in [-0.2, -0.15) is 4.31 Å². The summed E-state index contributed by atoms with van der Waals surface area (Å²) in [5.41, 5.74) is 0.00315. The molecule has 0 unspecified atom stereocenters. The van der Waals surface area contributed by atoms with E-state index in [9.17, 15) is 31.2 Å². The summed E-state index contributed by atoms with van der Waals surface area (Å²) in [6.45, 7) is 0.757. The quantitative estimate of drug-likeness (QED) is 0.468. The lowest BCUT2D eigenvalue weighted by Crippen LogP contribution is -2.40. The number of carbonyl (C=O) groups excluding carboxylic acids is 2.